The first-order valence-corrected chi connectivity index (χ1v) is 5.18. The molecule has 1 heterocycles. The van der Waals surface area contributed by atoms with Crippen LogP contribution < -0.4 is 10.5 Å². The first-order chi connectivity index (χ1) is 7.20. The fraction of sp³-hybridized carbons (Fsp3) is 0.417. The number of nitrogens with two attached hydrogens (primary N) is 1. The van der Waals surface area contributed by atoms with Crippen LogP contribution in [0.5, 0.6) is 5.88 Å². The van der Waals surface area contributed by atoms with Gasteiger partial charge in [0.2, 0.25) is 5.88 Å². The van der Waals surface area contributed by atoms with E-state index in [9.17, 15) is 0 Å². The van der Waals surface area contributed by atoms with Crippen molar-refractivity contribution in [1.82, 2.24) is 4.98 Å². The van der Waals surface area contributed by atoms with E-state index in [1.54, 1.807) is 6.20 Å². The van der Waals surface area contributed by atoms with Crippen molar-refractivity contribution in [2.45, 2.75) is 27.2 Å². The van der Waals surface area contributed by atoms with Gasteiger partial charge < -0.3 is 10.5 Å². The fourth-order valence-electron chi connectivity index (χ4n) is 1.35. The van der Waals surface area contributed by atoms with Crippen molar-refractivity contribution in [3.8, 4) is 5.88 Å². The fourth-order valence-corrected chi connectivity index (χ4v) is 1.35. The molecule has 0 spiro atoms. The number of allylic oxidation sites excluding steroid dienone is 2. The van der Waals surface area contributed by atoms with Crippen LogP contribution >= 0.6 is 0 Å². The van der Waals surface area contributed by atoms with Gasteiger partial charge in [-0.05, 0) is 32.8 Å². The highest BCUT2D eigenvalue weighted by Gasteiger charge is 2.09. The molecule has 82 valence electrons. The minimum Gasteiger partial charge on any atom is -0.478 e. The topological polar surface area (TPSA) is 48.1 Å². The lowest BCUT2D eigenvalue weighted by molar-refractivity contribution is 0.324. The van der Waals surface area contributed by atoms with Gasteiger partial charge in [-0.1, -0.05) is 12.2 Å². The average molecular weight is 206 g/mol. The lowest BCUT2D eigenvalue weighted by Gasteiger charge is -2.11. The number of ether oxygens (including phenoxy) is 1. The predicted molar refractivity (Wildman–Crippen MR) is 63.1 cm³/mol. The third kappa shape index (κ3) is 2.72. The zero-order valence-electron chi connectivity index (χ0n) is 9.58. The maximum atomic E-state index is 6.00. The molecule has 0 saturated carbocycles. The Morgan fingerprint density at radius 3 is 2.87 bits per heavy atom. The molecule has 0 saturated heterocycles. The van der Waals surface area contributed by atoms with Crippen LogP contribution in [0.2, 0.25) is 0 Å². The number of rotatable bonds is 4. The Morgan fingerprint density at radius 2 is 2.27 bits per heavy atom. The van der Waals surface area contributed by atoms with Crippen molar-refractivity contribution in [3.63, 3.8) is 0 Å². The van der Waals surface area contributed by atoms with Gasteiger partial charge in [-0.3, -0.25) is 0 Å². The van der Waals surface area contributed by atoms with Crippen LogP contribution in [0.25, 0.3) is 0 Å². The van der Waals surface area contributed by atoms with Crippen LogP contribution in [0.15, 0.2) is 18.3 Å². The van der Waals surface area contributed by atoms with Crippen LogP contribution in [0, 0.1) is 6.92 Å². The number of nitrogens with zero attached hydrogens (tertiary/aromatic N) is 1. The van der Waals surface area contributed by atoms with Gasteiger partial charge in [-0.25, -0.2) is 4.98 Å². The van der Waals surface area contributed by atoms with E-state index in [1.165, 1.54) is 0 Å². The molecular weight excluding hydrogens is 188 g/mol. The van der Waals surface area contributed by atoms with E-state index in [0.29, 0.717) is 12.5 Å². The van der Waals surface area contributed by atoms with Crippen molar-refractivity contribution >= 4 is 5.69 Å². The minimum absolute atomic E-state index is 0.609. The second-order valence-corrected chi connectivity index (χ2v) is 3.34. The van der Waals surface area contributed by atoms with Gasteiger partial charge in [-0.2, -0.15) is 0 Å². The van der Waals surface area contributed by atoms with Gasteiger partial charge in [-0.15, -0.1) is 0 Å². The van der Waals surface area contributed by atoms with Gasteiger partial charge in [0.25, 0.3) is 0 Å². The molecule has 0 amide bonds. The second-order valence-electron chi connectivity index (χ2n) is 3.34. The van der Waals surface area contributed by atoms with E-state index in [4.69, 9.17) is 10.5 Å². The Morgan fingerprint density at radius 1 is 1.53 bits per heavy atom. The number of hydrogen-bond donors (Lipinski definition) is 1. The van der Waals surface area contributed by atoms with Crippen LogP contribution in [0.4, 0.5) is 5.69 Å². The smallest absolute Gasteiger partial charge is 0.218 e. The van der Waals surface area contributed by atoms with E-state index in [-0.39, 0.29) is 0 Å². The number of aryl methyl sites for hydroxylation is 1. The quantitative estimate of drug-likeness (QED) is 0.770. The minimum atomic E-state index is 0.609. The molecule has 0 bridgehead atoms. The molecule has 0 atom stereocenters. The highest BCUT2D eigenvalue weighted by Crippen LogP contribution is 2.25. The summed E-state index contributed by atoms with van der Waals surface area (Å²) in [4.78, 5) is 4.25. The molecule has 0 unspecified atom stereocenters. The van der Waals surface area contributed by atoms with Gasteiger partial charge in [0, 0.05) is 17.4 Å². The Labute approximate surface area is 91.0 Å². The first kappa shape index (κ1) is 11.6. The molecule has 1 rings (SSSR count). The highest BCUT2D eigenvalue weighted by atomic mass is 16.5. The summed E-state index contributed by atoms with van der Waals surface area (Å²) in [5, 5.41) is 0. The van der Waals surface area contributed by atoms with Crippen molar-refractivity contribution in [2.24, 2.45) is 0 Å². The SMILES string of the molecule is C/C=C/Cc1c(OCC)ncc(C)c1N. The molecule has 0 aliphatic heterocycles. The van der Waals surface area contributed by atoms with Gasteiger partial charge in [0.05, 0.1) is 6.61 Å². The summed E-state index contributed by atoms with van der Waals surface area (Å²) in [5.41, 5.74) is 8.76. The Kier molecular flexibility index (Phi) is 4.16. The summed E-state index contributed by atoms with van der Waals surface area (Å²) in [6, 6.07) is 0. The second kappa shape index (κ2) is 5.39. The van der Waals surface area contributed by atoms with Gasteiger partial charge in [0.1, 0.15) is 0 Å². The molecule has 15 heavy (non-hydrogen) atoms. The average Bonchev–Trinajstić information content (AvgIpc) is 2.23. The Hall–Kier alpha value is -1.51. The lowest BCUT2D eigenvalue weighted by Crippen LogP contribution is -2.04. The van der Waals surface area contributed by atoms with E-state index in [0.717, 1.165) is 23.2 Å². The van der Waals surface area contributed by atoms with E-state index in [2.05, 4.69) is 11.1 Å². The van der Waals surface area contributed by atoms with Crippen LogP contribution in [-0.4, -0.2) is 11.6 Å². The van der Waals surface area contributed by atoms with Crippen molar-refractivity contribution in [2.75, 3.05) is 12.3 Å². The van der Waals surface area contributed by atoms with Crippen LogP contribution in [0.3, 0.4) is 0 Å². The van der Waals surface area contributed by atoms with Crippen molar-refractivity contribution < 1.29 is 4.74 Å². The summed E-state index contributed by atoms with van der Waals surface area (Å²) in [6.45, 7) is 6.49. The first-order valence-electron chi connectivity index (χ1n) is 5.18. The molecule has 1 aromatic rings. The highest BCUT2D eigenvalue weighted by molar-refractivity contribution is 5.56. The van der Waals surface area contributed by atoms with Crippen molar-refractivity contribution in [1.29, 1.82) is 0 Å². The third-order valence-electron chi connectivity index (χ3n) is 2.22. The van der Waals surface area contributed by atoms with Crippen LogP contribution in [0.1, 0.15) is 25.0 Å². The molecule has 0 radical (unpaired) electrons. The molecule has 0 aliphatic rings. The molecule has 2 N–H and O–H groups in total. The summed E-state index contributed by atoms with van der Waals surface area (Å²) >= 11 is 0. The lowest BCUT2D eigenvalue weighted by atomic mass is 10.1. The maximum absolute atomic E-state index is 6.00. The predicted octanol–water partition coefficient (Wildman–Crippen LogP) is 2.49. The number of hydrogen-bond acceptors (Lipinski definition) is 3. The van der Waals surface area contributed by atoms with Crippen molar-refractivity contribution in [3.05, 3.63) is 29.5 Å². The molecule has 3 nitrogen and oxygen atoms in total. The normalized spacial score (nSPS) is 10.9. The van der Waals surface area contributed by atoms with Crippen LogP contribution in [-0.2, 0) is 6.42 Å². The molecule has 1 aromatic heterocycles. The standard InChI is InChI=1S/C12H18N2O/c1-4-6-7-10-11(13)9(3)8-14-12(10)15-5-2/h4,6,8H,5,7H2,1-3H3,(H2,13,14)/b6-4+. The summed E-state index contributed by atoms with van der Waals surface area (Å²) in [7, 11) is 0. The molecule has 0 aliphatic carbocycles. The summed E-state index contributed by atoms with van der Waals surface area (Å²) in [5.74, 6) is 0.652. The summed E-state index contributed by atoms with van der Waals surface area (Å²) < 4.78 is 5.44. The molecule has 3 heteroatoms. The van der Waals surface area contributed by atoms with Gasteiger partial charge in [0.15, 0.2) is 0 Å². The van der Waals surface area contributed by atoms with E-state index >= 15 is 0 Å². The molecular formula is C12H18N2O. The Bertz CT molecular complexity index is 359. The number of nitrogen functional groups attached to an aromatic ring is 1. The zero-order chi connectivity index (χ0) is 11.3. The third-order valence-corrected chi connectivity index (χ3v) is 2.22. The zero-order valence-corrected chi connectivity index (χ0v) is 9.58. The molecule has 0 fully saturated rings. The number of aromatic nitrogens is 1. The molecule has 0 aromatic carbocycles. The number of anilines is 1. The number of pyridine rings is 1. The Balaban J connectivity index is 3.09. The van der Waals surface area contributed by atoms with Gasteiger partial charge >= 0.3 is 0 Å². The maximum Gasteiger partial charge on any atom is 0.218 e. The largest absolute Gasteiger partial charge is 0.478 e. The summed E-state index contributed by atoms with van der Waals surface area (Å²) in [6.07, 6.45) is 6.57. The van der Waals surface area contributed by atoms with E-state index in [1.807, 2.05) is 26.8 Å². The monoisotopic (exact) mass is 206 g/mol. The van der Waals surface area contributed by atoms with E-state index < -0.39 is 0 Å².